The Balaban J connectivity index is 0. The van der Waals surface area contributed by atoms with E-state index in [-0.39, 0.29) is 30.5 Å². The third-order valence-electron chi connectivity index (χ3n) is 1.75. The Labute approximate surface area is 111 Å². The van der Waals surface area contributed by atoms with Crippen molar-refractivity contribution in [1.29, 1.82) is 0 Å². The van der Waals surface area contributed by atoms with E-state index in [0.717, 1.165) is 19.4 Å². The molecule has 0 aromatic heterocycles. The number of hydrogen-bond donors (Lipinski definition) is 2. The van der Waals surface area contributed by atoms with E-state index < -0.39 is 12.6 Å². The average Bonchev–Trinajstić information content (AvgIpc) is 2.14. The third-order valence-corrected chi connectivity index (χ3v) is 1.75. The summed E-state index contributed by atoms with van der Waals surface area (Å²) in [4.78, 5) is 3.81. The highest BCUT2D eigenvalue weighted by Gasteiger charge is 2.26. The second kappa shape index (κ2) is 9.98. The molecule has 0 rings (SSSR count). The van der Waals surface area contributed by atoms with Gasteiger partial charge < -0.3 is 10.6 Å². The van der Waals surface area contributed by atoms with Crippen LogP contribution in [0.15, 0.2) is 4.99 Å². The number of alkyl halides is 3. The molecule has 0 heterocycles. The summed E-state index contributed by atoms with van der Waals surface area (Å²) in [6, 6.07) is 0. The van der Waals surface area contributed by atoms with E-state index in [0.29, 0.717) is 5.96 Å². The molecule has 2 N–H and O–H groups in total. The van der Waals surface area contributed by atoms with Crippen LogP contribution in [-0.4, -0.2) is 32.3 Å². The van der Waals surface area contributed by atoms with Gasteiger partial charge in [0.15, 0.2) is 5.96 Å². The maximum absolute atomic E-state index is 11.8. The number of unbranched alkanes of at least 4 members (excludes halogenated alkanes) is 1. The molecule has 3 nitrogen and oxygen atoms in total. The van der Waals surface area contributed by atoms with Crippen molar-refractivity contribution < 1.29 is 13.2 Å². The van der Waals surface area contributed by atoms with Gasteiger partial charge in [-0.2, -0.15) is 13.2 Å². The van der Waals surface area contributed by atoms with Gasteiger partial charge in [0, 0.05) is 20.1 Å². The number of nitrogens with one attached hydrogen (secondary N) is 2. The SMILES string of the molecule is CCCCNC(=NC)NCCC(F)(F)F.I. The molecule has 0 bridgehead atoms. The van der Waals surface area contributed by atoms with E-state index in [1.54, 1.807) is 0 Å². The van der Waals surface area contributed by atoms with E-state index in [1.165, 1.54) is 7.05 Å². The number of aliphatic imine (C=N–C) groups is 1. The van der Waals surface area contributed by atoms with Crippen molar-refractivity contribution in [2.24, 2.45) is 4.99 Å². The van der Waals surface area contributed by atoms with Gasteiger partial charge >= 0.3 is 6.18 Å². The van der Waals surface area contributed by atoms with Crippen LogP contribution in [0.4, 0.5) is 13.2 Å². The summed E-state index contributed by atoms with van der Waals surface area (Å²) in [5.74, 6) is 0.424. The largest absolute Gasteiger partial charge is 0.390 e. The van der Waals surface area contributed by atoms with E-state index in [2.05, 4.69) is 15.6 Å². The number of guanidine groups is 1. The zero-order chi connectivity index (χ0) is 11.7. The van der Waals surface area contributed by atoms with Gasteiger partial charge in [0.05, 0.1) is 6.42 Å². The van der Waals surface area contributed by atoms with Crippen molar-refractivity contribution in [1.82, 2.24) is 10.6 Å². The second-order valence-electron chi connectivity index (χ2n) is 3.14. The molecule has 0 saturated carbocycles. The van der Waals surface area contributed by atoms with Gasteiger partial charge in [0.2, 0.25) is 0 Å². The second-order valence-corrected chi connectivity index (χ2v) is 3.14. The summed E-state index contributed by atoms with van der Waals surface area (Å²) in [6.45, 7) is 2.62. The molecule has 0 spiro atoms. The Morgan fingerprint density at radius 1 is 1.19 bits per heavy atom. The Morgan fingerprint density at radius 3 is 2.19 bits per heavy atom. The molecule has 0 fully saturated rings. The first-order valence-corrected chi connectivity index (χ1v) is 5.01. The first-order chi connectivity index (χ1) is 6.99. The average molecular weight is 353 g/mol. The molecule has 0 aromatic carbocycles. The summed E-state index contributed by atoms with van der Waals surface area (Å²) in [6.07, 6.45) is -2.96. The van der Waals surface area contributed by atoms with Crippen LogP contribution in [0.2, 0.25) is 0 Å². The van der Waals surface area contributed by atoms with Crippen molar-refractivity contribution in [3.8, 4) is 0 Å². The lowest BCUT2D eigenvalue weighted by atomic mass is 10.3. The predicted octanol–water partition coefficient (Wildman–Crippen LogP) is 2.52. The molecule has 98 valence electrons. The zero-order valence-electron chi connectivity index (χ0n) is 9.52. The molecule has 0 aromatic rings. The molecule has 0 amide bonds. The van der Waals surface area contributed by atoms with Crippen molar-refractivity contribution in [3.05, 3.63) is 0 Å². The highest BCUT2D eigenvalue weighted by atomic mass is 127. The van der Waals surface area contributed by atoms with E-state index in [4.69, 9.17) is 0 Å². The molecule has 0 aliphatic rings. The van der Waals surface area contributed by atoms with E-state index >= 15 is 0 Å². The smallest absolute Gasteiger partial charge is 0.356 e. The van der Waals surface area contributed by atoms with Gasteiger partial charge in [-0.1, -0.05) is 13.3 Å². The quantitative estimate of drug-likeness (QED) is 0.345. The van der Waals surface area contributed by atoms with Gasteiger partial charge in [-0.3, -0.25) is 4.99 Å². The van der Waals surface area contributed by atoms with Crippen LogP contribution >= 0.6 is 24.0 Å². The molecular formula is C9H19F3IN3. The van der Waals surface area contributed by atoms with Gasteiger partial charge in [0.25, 0.3) is 0 Å². The normalized spacial score (nSPS) is 11.9. The molecule has 0 saturated heterocycles. The predicted molar refractivity (Wildman–Crippen MR) is 70.4 cm³/mol. The fraction of sp³-hybridized carbons (Fsp3) is 0.889. The summed E-state index contributed by atoms with van der Waals surface area (Å²) < 4.78 is 35.4. The molecular weight excluding hydrogens is 334 g/mol. The highest BCUT2D eigenvalue weighted by molar-refractivity contribution is 14.0. The van der Waals surface area contributed by atoms with Gasteiger partial charge in [0.1, 0.15) is 0 Å². The molecule has 0 radical (unpaired) electrons. The van der Waals surface area contributed by atoms with Crippen molar-refractivity contribution in [2.75, 3.05) is 20.1 Å². The summed E-state index contributed by atoms with van der Waals surface area (Å²) in [5.41, 5.74) is 0. The highest BCUT2D eigenvalue weighted by Crippen LogP contribution is 2.17. The zero-order valence-corrected chi connectivity index (χ0v) is 11.9. The maximum Gasteiger partial charge on any atom is 0.390 e. The van der Waals surface area contributed by atoms with Gasteiger partial charge in [-0.15, -0.1) is 24.0 Å². The number of nitrogens with zero attached hydrogens (tertiary/aromatic N) is 1. The van der Waals surface area contributed by atoms with Crippen LogP contribution in [0.1, 0.15) is 26.2 Å². The summed E-state index contributed by atoms with van der Waals surface area (Å²) >= 11 is 0. The van der Waals surface area contributed by atoms with Crippen LogP contribution in [-0.2, 0) is 0 Å². The van der Waals surface area contributed by atoms with Crippen LogP contribution in [0.5, 0.6) is 0 Å². The Morgan fingerprint density at radius 2 is 1.75 bits per heavy atom. The Kier molecular flexibility index (Phi) is 11.3. The van der Waals surface area contributed by atoms with Crippen molar-refractivity contribution in [2.45, 2.75) is 32.4 Å². The number of hydrogen-bond acceptors (Lipinski definition) is 1. The Hall–Kier alpha value is -0.210. The van der Waals surface area contributed by atoms with Crippen LogP contribution in [0.25, 0.3) is 0 Å². The molecule has 7 heteroatoms. The van der Waals surface area contributed by atoms with E-state index in [9.17, 15) is 13.2 Å². The fourth-order valence-electron chi connectivity index (χ4n) is 0.927. The summed E-state index contributed by atoms with van der Waals surface area (Å²) in [7, 11) is 1.54. The van der Waals surface area contributed by atoms with Crippen molar-refractivity contribution in [3.63, 3.8) is 0 Å². The van der Waals surface area contributed by atoms with E-state index in [1.807, 2.05) is 6.92 Å². The molecule has 0 atom stereocenters. The first-order valence-electron chi connectivity index (χ1n) is 5.01. The summed E-state index contributed by atoms with van der Waals surface area (Å²) in [5, 5.41) is 5.53. The lowest BCUT2D eigenvalue weighted by Gasteiger charge is -2.12. The topological polar surface area (TPSA) is 36.4 Å². The lowest BCUT2D eigenvalue weighted by Crippen LogP contribution is -2.39. The minimum atomic E-state index is -4.12. The minimum absolute atomic E-state index is 0. The van der Waals surface area contributed by atoms with Crippen LogP contribution in [0, 0.1) is 0 Å². The van der Waals surface area contributed by atoms with Crippen LogP contribution < -0.4 is 10.6 Å². The molecule has 0 aliphatic heterocycles. The van der Waals surface area contributed by atoms with Crippen molar-refractivity contribution >= 4 is 29.9 Å². The first kappa shape index (κ1) is 18.2. The monoisotopic (exact) mass is 353 g/mol. The minimum Gasteiger partial charge on any atom is -0.356 e. The Bertz CT molecular complexity index is 195. The maximum atomic E-state index is 11.8. The molecule has 0 unspecified atom stereocenters. The third kappa shape index (κ3) is 11.9. The van der Waals surface area contributed by atoms with Gasteiger partial charge in [-0.25, -0.2) is 0 Å². The standard InChI is InChI=1S/C9H18F3N3.HI/c1-3-4-6-14-8(13-2)15-7-5-9(10,11)12;/h3-7H2,1-2H3,(H2,13,14,15);1H. The lowest BCUT2D eigenvalue weighted by molar-refractivity contribution is -0.132. The molecule has 16 heavy (non-hydrogen) atoms. The fourth-order valence-corrected chi connectivity index (χ4v) is 0.927. The number of rotatable bonds is 5. The van der Waals surface area contributed by atoms with Gasteiger partial charge in [-0.05, 0) is 6.42 Å². The number of halogens is 4. The molecule has 0 aliphatic carbocycles. The van der Waals surface area contributed by atoms with Crippen LogP contribution in [0.3, 0.4) is 0 Å².